The van der Waals surface area contributed by atoms with Crippen LogP contribution in [0.15, 0.2) is 18.2 Å². The summed E-state index contributed by atoms with van der Waals surface area (Å²) in [6, 6.07) is 10.4. The van der Waals surface area contributed by atoms with E-state index in [9.17, 15) is 9.59 Å². The van der Waals surface area contributed by atoms with Gasteiger partial charge in [-0.1, -0.05) is 72.4 Å². The number of fused-ring (bicyclic) bond motifs is 2. The quantitative estimate of drug-likeness (QED) is 0.0745. The van der Waals surface area contributed by atoms with E-state index < -0.39 is 8.32 Å². The maximum Gasteiger partial charge on any atom is 0.410 e. The minimum atomic E-state index is -1.84. The van der Waals surface area contributed by atoms with Crippen LogP contribution in [0.1, 0.15) is 136 Å². The number of hydrogen-bond acceptors (Lipinski definition) is 7. The number of likely N-dealkylation sites (tertiary alicyclic amines) is 2. The topological polar surface area (TPSA) is 77.5 Å². The predicted octanol–water partition coefficient (Wildman–Crippen LogP) is 9.97. The van der Waals surface area contributed by atoms with Crippen molar-refractivity contribution >= 4 is 20.4 Å². The van der Waals surface area contributed by atoms with Crippen molar-refractivity contribution in [3.8, 4) is 5.75 Å². The van der Waals surface area contributed by atoms with Gasteiger partial charge in [-0.25, -0.2) is 9.59 Å². The minimum absolute atomic E-state index is 0.0468. The standard InChI is InChI=1S/C44H74N2O6Si/c1-6-11-14-19-37(51-44(48)46-27-23-36(24-28-46)45-25-15-13-16-26-45)21-22-38-39-30-34-18-17-20-41(50-33-43(47)49-29-12-7-2)40(34)31-35(39)32-42(38)52-53(8-3,9-4)10-5/h17-18,20,35-39,42H,6-16,19,21-33H2,1-5H3/t35-,37-,38+,39-,42+/m0/s1. The van der Waals surface area contributed by atoms with E-state index in [-0.39, 0.29) is 30.9 Å². The van der Waals surface area contributed by atoms with Gasteiger partial charge >= 0.3 is 12.1 Å². The Kier molecular flexibility index (Phi) is 16.9. The number of nitrogens with zero attached hydrogens (tertiary/aromatic N) is 2. The number of carbonyl (C=O) groups is 2. The Morgan fingerprint density at radius 1 is 0.868 bits per heavy atom. The maximum atomic E-state index is 13.7. The van der Waals surface area contributed by atoms with Gasteiger partial charge in [0.15, 0.2) is 14.9 Å². The average molecular weight is 755 g/mol. The number of carbonyl (C=O) groups excluding carboxylic acids is 2. The molecule has 9 heteroatoms. The zero-order valence-electron chi connectivity index (χ0n) is 34.2. The van der Waals surface area contributed by atoms with Crippen LogP contribution < -0.4 is 4.74 Å². The molecule has 4 aliphatic rings. The van der Waals surface area contributed by atoms with Gasteiger partial charge in [0.05, 0.1) is 6.61 Å². The molecule has 2 aliphatic carbocycles. The number of hydrogen-bond donors (Lipinski definition) is 0. The maximum absolute atomic E-state index is 13.7. The summed E-state index contributed by atoms with van der Waals surface area (Å²) in [6.07, 6.45) is 17.4. The summed E-state index contributed by atoms with van der Waals surface area (Å²) in [5, 5.41) is 0. The summed E-state index contributed by atoms with van der Waals surface area (Å²) in [7, 11) is -1.84. The van der Waals surface area contributed by atoms with Crippen LogP contribution in [0.3, 0.4) is 0 Å². The van der Waals surface area contributed by atoms with E-state index in [1.54, 1.807) is 0 Å². The number of esters is 1. The lowest BCUT2D eigenvalue weighted by atomic mass is 9.73. The van der Waals surface area contributed by atoms with Crippen LogP contribution >= 0.6 is 0 Å². The Morgan fingerprint density at radius 2 is 1.60 bits per heavy atom. The lowest BCUT2D eigenvalue weighted by Gasteiger charge is -2.40. The van der Waals surface area contributed by atoms with Gasteiger partial charge in [0.1, 0.15) is 11.9 Å². The highest BCUT2D eigenvalue weighted by Gasteiger charge is 2.48. The molecule has 2 aliphatic heterocycles. The summed E-state index contributed by atoms with van der Waals surface area (Å²) in [5.74, 6) is 2.01. The second-order valence-electron chi connectivity index (χ2n) is 16.8. The van der Waals surface area contributed by atoms with Gasteiger partial charge in [0.2, 0.25) is 0 Å². The van der Waals surface area contributed by atoms with E-state index in [1.807, 2.05) is 11.0 Å². The summed E-state index contributed by atoms with van der Waals surface area (Å²) in [4.78, 5) is 30.7. The van der Waals surface area contributed by atoms with Crippen LogP contribution in [0.5, 0.6) is 5.75 Å². The Bertz CT molecular complexity index is 1250. The highest BCUT2D eigenvalue weighted by atomic mass is 28.4. The molecular weight excluding hydrogens is 681 g/mol. The molecule has 5 rings (SSSR count). The molecule has 1 aromatic rings. The number of piperidine rings is 2. The van der Waals surface area contributed by atoms with E-state index in [0.29, 0.717) is 30.4 Å². The molecule has 0 bridgehead atoms. The van der Waals surface area contributed by atoms with Crippen molar-refractivity contribution in [3.63, 3.8) is 0 Å². The van der Waals surface area contributed by atoms with Crippen molar-refractivity contribution < 1.29 is 28.2 Å². The van der Waals surface area contributed by atoms with Gasteiger partial charge in [-0.3, -0.25) is 0 Å². The van der Waals surface area contributed by atoms with Crippen molar-refractivity contribution in [1.29, 1.82) is 0 Å². The van der Waals surface area contributed by atoms with Crippen molar-refractivity contribution in [2.75, 3.05) is 39.4 Å². The van der Waals surface area contributed by atoms with Gasteiger partial charge in [0, 0.05) is 25.2 Å². The highest BCUT2D eigenvalue weighted by Crippen LogP contribution is 2.50. The molecule has 0 spiro atoms. The van der Waals surface area contributed by atoms with E-state index in [0.717, 1.165) is 114 Å². The Labute approximate surface area is 323 Å². The first-order valence-corrected chi connectivity index (χ1v) is 24.6. The Hall–Kier alpha value is -2.10. The third kappa shape index (κ3) is 11.5. The predicted molar refractivity (Wildman–Crippen MR) is 216 cm³/mol. The molecule has 0 N–H and O–H groups in total. The molecule has 3 fully saturated rings. The van der Waals surface area contributed by atoms with Gasteiger partial charge in [-0.2, -0.15) is 0 Å². The van der Waals surface area contributed by atoms with E-state index in [4.69, 9.17) is 18.6 Å². The molecule has 5 atom stereocenters. The van der Waals surface area contributed by atoms with Gasteiger partial charge < -0.3 is 28.4 Å². The van der Waals surface area contributed by atoms with Crippen LogP contribution in [0, 0.1) is 17.8 Å². The normalized spacial score (nSPS) is 24.4. The fourth-order valence-electron chi connectivity index (χ4n) is 10.1. The SMILES string of the molecule is CCCCC[C@@H](CC[C@@H]1[C@H]2Cc3cccc(OCC(=O)OCCCC)c3C[C@H]2C[C@H]1O[Si](CC)(CC)CC)OC(=O)N1CCC(N2CCCCC2)CC1. The number of rotatable bonds is 20. The van der Waals surface area contributed by atoms with E-state index >= 15 is 0 Å². The molecule has 2 saturated heterocycles. The molecule has 2 heterocycles. The second-order valence-corrected chi connectivity index (χ2v) is 21.5. The summed E-state index contributed by atoms with van der Waals surface area (Å²) in [5.41, 5.74) is 2.60. The Morgan fingerprint density at radius 3 is 2.30 bits per heavy atom. The monoisotopic (exact) mass is 755 g/mol. The van der Waals surface area contributed by atoms with Crippen molar-refractivity contribution in [2.45, 2.75) is 174 Å². The molecule has 53 heavy (non-hydrogen) atoms. The first-order chi connectivity index (χ1) is 25.8. The van der Waals surface area contributed by atoms with Gasteiger partial charge in [0.25, 0.3) is 0 Å². The third-order valence-electron chi connectivity index (χ3n) is 13.6. The summed E-state index contributed by atoms with van der Waals surface area (Å²) < 4.78 is 25.3. The minimum Gasteiger partial charge on any atom is -0.482 e. The van der Waals surface area contributed by atoms with Gasteiger partial charge in [-0.15, -0.1) is 0 Å². The second kappa shape index (κ2) is 21.3. The molecule has 1 aromatic carbocycles. The lowest BCUT2D eigenvalue weighted by Crippen LogP contribution is -2.48. The van der Waals surface area contributed by atoms with Crippen LogP contribution in [0.25, 0.3) is 0 Å². The first-order valence-electron chi connectivity index (χ1n) is 22.1. The van der Waals surface area contributed by atoms with Crippen molar-refractivity contribution in [2.24, 2.45) is 17.8 Å². The van der Waals surface area contributed by atoms with Crippen molar-refractivity contribution in [1.82, 2.24) is 9.80 Å². The molecule has 0 unspecified atom stereocenters. The summed E-state index contributed by atoms with van der Waals surface area (Å²) in [6.45, 7) is 15.8. The Balaban J connectivity index is 1.26. The van der Waals surface area contributed by atoms with Crippen molar-refractivity contribution in [3.05, 3.63) is 29.3 Å². The fraction of sp³-hybridized carbons (Fsp3) is 0.818. The number of amides is 1. The molecule has 300 valence electrons. The van der Waals surface area contributed by atoms with E-state index in [2.05, 4.69) is 51.7 Å². The number of benzene rings is 1. The zero-order valence-corrected chi connectivity index (χ0v) is 35.2. The molecule has 0 radical (unpaired) electrons. The average Bonchev–Trinajstić information content (AvgIpc) is 3.52. The molecular formula is C44H74N2O6Si. The fourth-order valence-corrected chi connectivity index (χ4v) is 13.0. The zero-order chi connectivity index (χ0) is 37.6. The molecule has 1 amide bonds. The smallest absolute Gasteiger partial charge is 0.410 e. The molecule has 1 saturated carbocycles. The van der Waals surface area contributed by atoms with Crippen LogP contribution in [-0.4, -0.2) is 87.8 Å². The molecule has 8 nitrogen and oxygen atoms in total. The number of unbranched alkanes of at least 4 members (excludes halogenated alkanes) is 3. The highest BCUT2D eigenvalue weighted by molar-refractivity contribution is 6.73. The molecule has 0 aromatic heterocycles. The lowest BCUT2D eigenvalue weighted by molar-refractivity contribution is -0.146. The van der Waals surface area contributed by atoms with Crippen LogP contribution in [0.4, 0.5) is 4.79 Å². The first kappa shape index (κ1) is 42.0. The summed E-state index contributed by atoms with van der Waals surface area (Å²) >= 11 is 0. The number of ether oxygens (including phenoxy) is 3. The van der Waals surface area contributed by atoms with Gasteiger partial charge in [-0.05, 0) is 143 Å². The largest absolute Gasteiger partial charge is 0.482 e. The van der Waals surface area contributed by atoms with Crippen LogP contribution in [-0.2, 0) is 31.5 Å². The van der Waals surface area contributed by atoms with E-state index in [1.165, 1.54) is 49.9 Å². The van der Waals surface area contributed by atoms with Crippen LogP contribution in [0.2, 0.25) is 18.1 Å². The third-order valence-corrected chi connectivity index (χ3v) is 18.3.